The van der Waals surface area contributed by atoms with E-state index in [4.69, 9.17) is 9.47 Å². The van der Waals surface area contributed by atoms with E-state index in [0.717, 1.165) is 69.6 Å². The number of methoxy groups -OCH3 is 2. The molecule has 0 spiro atoms. The molecule has 0 bridgehead atoms. The number of aromatic nitrogens is 4. The Hall–Kier alpha value is -3.46. The first-order valence-corrected chi connectivity index (χ1v) is 15.4. The second-order valence-corrected chi connectivity index (χ2v) is 13.0. The summed E-state index contributed by atoms with van der Waals surface area (Å²) in [6.45, 7) is 2.69. The van der Waals surface area contributed by atoms with Gasteiger partial charge in [-0.05, 0) is 12.1 Å². The van der Waals surface area contributed by atoms with Crippen molar-refractivity contribution in [2.24, 2.45) is 0 Å². The van der Waals surface area contributed by atoms with Gasteiger partial charge in [0.25, 0.3) is 0 Å². The third kappa shape index (κ3) is 5.64. The largest absolute Gasteiger partial charge is 0.493 e. The molecule has 1 amide bonds. The SMILES string of the molecule is COc1ccc(CN2CCC(NC(=O)c3cc4c([As]c5ccc6cn[nH]c6c5)ncnc4s3)CC2)cc1OC. The number of piperidine rings is 1. The van der Waals surface area contributed by atoms with Crippen LogP contribution in [-0.4, -0.2) is 80.1 Å². The van der Waals surface area contributed by atoms with E-state index in [1.54, 1.807) is 20.5 Å². The molecule has 1 aliphatic rings. The number of hydrogen-bond donors (Lipinski definition) is 2. The zero-order valence-corrected chi connectivity index (χ0v) is 24.4. The van der Waals surface area contributed by atoms with Crippen LogP contribution in [0.1, 0.15) is 28.1 Å². The molecule has 6 rings (SSSR count). The maximum Gasteiger partial charge on any atom is 0.161 e. The van der Waals surface area contributed by atoms with E-state index in [1.807, 2.05) is 24.4 Å². The van der Waals surface area contributed by atoms with Crippen LogP contribution < -0.4 is 23.6 Å². The Morgan fingerprint density at radius 2 is 1.95 bits per heavy atom. The number of amides is 1. The van der Waals surface area contributed by atoms with Crippen LogP contribution >= 0.6 is 11.3 Å². The van der Waals surface area contributed by atoms with Gasteiger partial charge in [-0.15, -0.1) is 0 Å². The van der Waals surface area contributed by atoms with E-state index < -0.39 is 0 Å². The third-order valence-electron chi connectivity index (χ3n) is 6.97. The fourth-order valence-corrected chi connectivity index (χ4v) is 8.03. The van der Waals surface area contributed by atoms with Crippen molar-refractivity contribution in [2.45, 2.75) is 25.4 Å². The van der Waals surface area contributed by atoms with E-state index in [-0.39, 0.29) is 27.7 Å². The molecule has 11 heteroatoms. The first-order valence-electron chi connectivity index (χ1n) is 12.7. The summed E-state index contributed by atoms with van der Waals surface area (Å²) in [6, 6.07) is 14.5. The minimum atomic E-state index is -0.355. The minimum absolute atomic E-state index is 0.0302. The summed E-state index contributed by atoms with van der Waals surface area (Å²) < 4.78 is 13.0. The van der Waals surface area contributed by atoms with Crippen molar-refractivity contribution < 1.29 is 14.3 Å². The molecule has 9 nitrogen and oxygen atoms in total. The Kier molecular flexibility index (Phi) is 7.50. The Bertz CT molecular complexity index is 1630. The van der Waals surface area contributed by atoms with Gasteiger partial charge >= 0.3 is 184 Å². The number of carbonyl (C=O) groups excluding carboxylic acids is 1. The Balaban J connectivity index is 1.08. The summed E-state index contributed by atoms with van der Waals surface area (Å²) in [7, 11) is 3.30. The fourth-order valence-electron chi connectivity index (χ4n) is 4.89. The topological polar surface area (TPSA) is 105 Å². The molecule has 39 heavy (non-hydrogen) atoms. The molecule has 2 aromatic carbocycles. The van der Waals surface area contributed by atoms with Crippen LogP contribution in [0.15, 0.2) is 55.0 Å². The second-order valence-electron chi connectivity index (χ2n) is 9.49. The monoisotopic (exact) mass is 603 g/mol. The third-order valence-corrected chi connectivity index (χ3v) is 10.3. The molecule has 0 atom stereocenters. The van der Waals surface area contributed by atoms with E-state index in [9.17, 15) is 4.79 Å². The summed E-state index contributed by atoms with van der Waals surface area (Å²) in [5, 5.41) is 12.5. The number of thiophene rings is 1. The molecule has 1 radical (unpaired) electrons. The molecular weight excluding hydrogens is 575 g/mol. The van der Waals surface area contributed by atoms with Crippen molar-refractivity contribution in [3.63, 3.8) is 0 Å². The summed E-state index contributed by atoms with van der Waals surface area (Å²) in [4.78, 5) is 26.2. The predicted molar refractivity (Wildman–Crippen MR) is 154 cm³/mol. The smallest absolute Gasteiger partial charge is 0.161 e. The van der Waals surface area contributed by atoms with Gasteiger partial charge in [-0.3, -0.25) is 0 Å². The van der Waals surface area contributed by atoms with Gasteiger partial charge < -0.3 is 9.47 Å². The van der Waals surface area contributed by atoms with Crippen molar-refractivity contribution in [1.82, 2.24) is 30.4 Å². The van der Waals surface area contributed by atoms with Gasteiger partial charge in [0.05, 0.1) is 14.2 Å². The van der Waals surface area contributed by atoms with Crippen molar-refractivity contribution >= 4 is 62.9 Å². The number of rotatable bonds is 8. The van der Waals surface area contributed by atoms with Gasteiger partial charge in [0.1, 0.15) is 0 Å². The van der Waals surface area contributed by atoms with Crippen molar-refractivity contribution in [3.05, 3.63) is 65.4 Å². The molecule has 199 valence electrons. The molecule has 1 fully saturated rings. The van der Waals surface area contributed by atoms with Crippen LogP contribution in [0.5, 0.6) is 11.5 Å². The number of nitrogens with zero attached hydrogens (tertiary/aromatic N) is 4. The maximum atomic E-state index is 13.2. The molecule has 4 heterocycles. The zero-order chi connectivity index (χ0) is 26.8. The van der Waals surface area contributed by atoms with E-state index >= 15 is 0 Å². The zero-order valence-electron chi connectivity index (χ0n) is 21.7. The standard InChI is InChI=1S/C28H28AsN6O3S/c1-37-23-6-3-17(11-24(23)38-2)15-35-9-7-20(8-10-35)33-27(36)25-13-21-26(30-16-31-28(21)39-25)29-19-5-4-18-14-32-34-22(18)12-19/h3-6,11-14,16,20H,7-10,15H2,1-2H3,(H,32,34)(H,33,36). The molecule has 0 unspecified atom stereocenters. The number of hydrogen-bond acceptors (Lipinski definition) is 8. The number of H-pyrrole nitrogens is 1. The fraction of sp³-hybridized carbons (Fsp3) is 0.286. The van der Waals surface area contributed by atoms with E-state index in [2.05, 4.69) is 54.6 Å². The Morgan fingerprint density at radius 3 is 2.77 bits per heavy atom. The summed E-state index contributed by atoms with van der Waals surface area (Å²) >= 11 is 1.08. The van der Waals surface area contributed by atoms with Crippen LogP contribution in [0.3, 0.4) is 0 Å². The summed E-state index contributed by atoms with van der Waals surface area (Å²) in [5.74, 6) is 1.45. The molecule has 1 aliphatic heterocycles. The van der Waals surface area contributed by atoms with Crippen LogP contribution in [0.25, 0.3) is 21.1 Å². The first kappa shape index (κ1) is 25.8. The average Bonchev–Trinajstić information content (AvgIpc) is 3.62. The molecule has 3 aromatic heterocycles. The number of fused-ring (bicyclic) bond motifs is 2. The van der Waals surface area contributed by atoms with Crippen molar-refractivity contribution in [3.8, 4) is 11.5 Å². The molecule has 0 aliphatic carbocycles. The second kappa shape index (κ2) is 11.3. The van der Waals surface area contributed by atoms with Gasteiger partial charge in [-0.25, -0.2) is 0 Å². The van der Waals surface area contributed by atoms with Crippen LogP contribution in [0, 0.1) is 0 Å². The van der Waals surface area contributed by atoms with Gasteiger partial charge in [0.2, 0.25) is 0 Å². The Morgan fingerprint density at radius 1 is 1.10 bits per heavy atom. The van der Waals surface area contributed by atoms with Crippen LogP contribution in [0.4, 0.5) is 0 Å². The number of benzene rings is 2. The van der Waals surface area contributed by atoms with Crippen molar-refractivity contribution in [2.75, 3.05) is 27.3 Å². The molecule has 0 saturated carbocycles. The average molecular weight is 604 g/mol. The molecule has 5 aromatic rings. The quantitative estimate of drug-likeness (QED) is 0.263. The van der Waals surface area contributed by atoms with Gasteiger partial charge in [0.15, 0.2) is 11.5 Å². The van der Waals surface area contributed by atoms with Gasteiger partial charge in [-0.2, -0.15) is 0 Å². The van der Waals surface area contributed by atoms with Gasteiger partial charge in [0, 0.05) is 0 Å². The predicted octanol–water partition coefficient (Wildman–Crippen LogP) is 2.63. The number of carbonyl (C=O) groups is 1. The number of nitrogens with one attached hydrogen (secondary N) is 2. The molecule has 2 N–H and O–H groups in total. The number of likely N-dealkylation sites (tertiary alicyclic amines) is 1. The summed E-state index contributed by atoms with van der Waals surface area (Å²) in [6.07, 6.45) is 5.25. The minimum Gasteiger partial charge on any atom is -0.493 e. The normalized spacial score (nSPS) is 14.9. The first-order chi connectivity index (χ1) is 19.1. The maximum absolute atomic E-state index is 13.2. The number of ether oxygens (including phenoxy) is 2. The number of aromatic amines is 1. The van der Waals surface area contributed by atoms with Gasteiger partial charge in [-0.1, -0.05) is 6.07 Å². The van der Waals surface area contributed by atoms with Crippen molar-refractivity contribution in [1.29, 1.82) is 0 Å². The molecular formula is C28H28AsN6O3S. The summed E-state index contributed by atoms with van der Waals surface area (Å²) in [5.41, 5.74) is 2.21. The van der Waals surface area contributed by atoms with Crippen LogP contribution in [-0.2, 0) is 6.54 Å². The van der Waals surface area contributed by atoms with E-state index in [0.29, 0.717) is 4.88 Å². The van der Waals surface area contributed by atoms with E-state index in [1.165, 1.54) is 21.3 Å². The molecule has 1 saturated heterocycles. The van der Waals surface area contributed by atoms with Crippen LogP contribution in [0.2, 0.25) is 0 Å². The Labute approximate surface area is 236 Å².